The zero-order valence-electron chi connectivity index (χ0n) is 10.1. The van der Waals surface area contributed by atoms with Gasteiger partial charge in [-0.25, -0.2) is 9.18 Å². The molecule has 0 aliphatic carbocycles. The van der Waals surface area contributed by atoms with Crippen LogP contribution in [0.1, 0.15) is 12.0 Å². The van der Waals surface area contributed by atoms with Gasteiger partial charge >= 0.3 is 6.09 Å². The molecule has 0 radical (unpaired) electrons. The van der Waals surface area contributed by atoms with E-state index in [0.29, 0.717) is 13.0 Å². The maximum Gasteiger partial charge on any atom is 0.407 e. The monoisotopic (exact) mass is 252 g/mol. The minimum atomic E-state index is -1.14. The van der Waals surface area contributed by atoms with E-state index in [-0.39, 0.29) is 13.1 Å². The normalized spacial score (nSPS) is 23.6. The molecule has 0 aromatic heterocycles. The lowest BCUT2D eigenvalue weighted by molar-refractivity contribution is 0.0699. The molecule has 1 aromatic carbocycles. The fourth-order valence-corrected chi connectivity index (χ4v) is 2.26. The van der Waals surface area contributed by atoms with Crippen molar-refractivity contribution in [3.8, 4) is 0 Å². The van der Waals surface area contributed by atoms with Gasteiger partial charge in [0.05, 0.1) is 6.04 Å². The van der Waals surface area contributed by atoms with E-state index in [2.05, 4.69) is 5.32 Å². The van der Waals surface area contributed by atoms with Crippen LogP contribution in [0.4, 0.5) is 9.18 Å². The Hall–Kier alpha value is -1.62. The molecule has 1 aliphatic heterocycles. The van der Waals surface area contributed by atoms with Gasteiger partial charge in [-0.3, -0.25) is 4.90 Å². The summed E-state index contributed by atoms with van der Waals surface area (Å²) in [5.41, 5.74) is 0.880. The molecule has 1 fully saturated rings. The number of hydrogen-bond donors (Lipinski definition) is 2. The molecular formula is C13H17FN2O2. The van der Waals surface area contributed by atoms with Gasteiger partial charge in [0.15, 0.2) is 0 Å². The third-order valence-electron chi connectivity index (χ3n) is 3.22. The number of nitrogens with one attached hydrogen (secondary N) is 1. The molecule has 1 saturated heterocycles. The Morgan fingerprint density at radius 2 is 2.17 bits per heavy atom. The molecule has 1 aromatic rings. The smallest absolute Gasteiger partial charge is 0.407 e. The molecule has 1 amide bonds. The lowest BCUT2D eigenvalue weighted by atomic mass is 10.0. The summed E-state index contributed by atoms with van der Waals surface area (Å²) >= 11 is 0. The number of alkyl halides is 1. The van der Waals surface area contributed by atoms with E-state index in [0.717, 1.165) is 5.56 Å². The van der Waals surface area contributed by atoms with E-state index in [1.54, 1.807) is 0 Å². The zero-order chi connectivity index (χ0) is 13.0. The van der Waals surface area contributed by atoms with Crippen LogP contribution >= 0.6 is 0 Å². The van der Waals surface area contributed by atoms with E-state index in [1.807, 2.05) is 30.3 Å². The first-order valence-electron chi connectivity index (χ1n) is 6.07. The fraction of sp³-hybridized carbons (Fsp3) is 0.462. The fourth-order valence-electron chi connectivity index (χ4n) is 2.26. The number of nitrogens with zero attached hydrogens (tertiary/aromatic N) is 1. The van der Waals surface area contributed by atoms with Crippen LogP contribution in [0, 0.1) is 0 Å². The van der Waals surface area contributed by atoms with Gasteiger partial charge in [0, 0.05) is 13.1 Å². The SMILES string of the molecule is O=C(O)N(Cc1ccccc1)[C@H]1CCNC[C@H]1F. The Labute approximate surface area is 105 Å². The molecule has 1 heterocycles. The number of rotatable bonds is 3. The van der Waals surface area contributed by atoms with Crippen molar-refractivity contribution >= 4 is 6.09 Å². The third-order valence-corrected chi connectivity index (χ3v) is 3.22. The van der Waals surface area contributed by atoms with E-state index in [1.165, 1.54) is 4.90 Å². The predicted octanol–water partition coefficient (Wildman–Crippen LogP) is 1.87. The number of carboxylic acid groups (broad SMARTS) is 1. The lowest BCUT2D eigenvalue weighted by Crippen LogP contribution is -2.52. The summed E-state index contributed by atoms with van der Waals surface area (Å²) in [6, 6.07) is 8.73. The standard InChI is InChI=1S/C13H17FN2O2/c14-11-8-15-7-6-12(11)16(13(17)18)9-10-4-2-1-3-5-10/h1-5,11-12,15H,6-9H2,(H,17,18)/t11-,12+/m1/s1. The molecular weight excluding hydrogens is 235 g/mol. The summed E-state index contributed by atoms with van der Waals surface area (Å²) in [7, 11) is 0. The molecule has 98 valence electrons. The Bertz CT molecular complexity index is 399. The number of carbonyl (C=O) groups is 1. The number of amides is 1. The van der Waals surface area contributed by atoms with Gasteiger partial charge in [0.1, 0.15) is 6.17 Å². The van der Waals surface area contributed by atoms with Crippen LogP contribution in [-0.4, -0.2) is 41.4 Å². The summed E-state index contributed by atoms with van der Waals surface area (Å²) < 4.78 is 13.8. The van der Waals surface area contributed by atoms with Crippen molar-refractivity contribution in [2.75, 3.05) is 13.1 Å². The third kappa shape index (κ3) is 2.98. The molecule has 2 rings (SSSR count). The van der Waals surface area contributed by atoms with Crippen LogP contribution in [0.25, 0.3) is 0 Å². The highest BCUT2D eigenvalue weighted by Crippen LogP contribution is 2.18. The minimum absolute atomic E-state index is 0.225. The lowest BCUT2D eigenvalue weighted by Gasteiger charge is -2.35. The summed E-state index contributed by atoms with van der Waals surface area (Å²) in [6.07, 6.45) is -1.69. The molecule has 2 N–H and O–H groups in total. The minimum Gasteiger partial charge on any atom is -0.465 e. The van der Waals surface area contributed by atoms with Crippen molar-refractivity contribution in [3.05, 3.63) is 35.9 Å². The molecule has 5 heteroatoms. The quantitative estimate of drug-likeness (QED) is 0.863. The first-order valence-corrected chi connectivity index (χ1v) is 6.07. The van der Waals surface area contributed by atoms with Crippen molar-refractivity contribution in [1.29, 1.82) is 0 Å². The average Bonchev–Trinajstić information content (AvgIpc) is 2.38. The first-order chi connectivity index (χ1) is 8.68. The second-order valence-corrected chi connectivity index (χ2v) is 4.47. The second-order valence-electron chi connectivity index (χ2n) is 4.47. The maximum absolute atomic E-state index is 13.8. The van der Waals surface area contributed by atoms with Crippen LogP contribution in [0.5, 0.6) is 0 Å². The van der Waals surface area contributed by atoms with Crippen LogP contribution < -0.4 is 5.32 Å². The summed E-state index contributed by atoms with van der Waals surface area (Å²) in [5, 5.41) is 12.2. The van der Waals surface area contributed by atoms with Gasteiger partial charge in [-0.15, -0.1) is 0 Å². The van der Waals surface area contributed by atoms with Gasteiger partial charge < -0.3 is 10.4 Å². The van der Waals surface area contributed by atoms with Crippen LogP contribution in [0.3, 0.4) is 0 Å². The first kappa shape index (κ1) is 12.8. The summed E-state index contributed by atoms with van der Waals surface area (Å²) in [6.45, 7) is 1.12. The largest absolute Gasteiger partial charge is 0.465 e. The average molecular weight is 252 g/mol. The van der Waals surface area contributed by atoms with Gasteiger partial charge in [0.25, 0.3) is 0 Å². The predicted molar refractivity (Wildman–Crippen MR) is 66.2 cm³/mol. The van der Waals surface area contributed by atoms with Crippen molar-refractivity contribution in [2.45, 2.75) is 25.2 Å². The highest BCUT2D eigenvalue weighted by atomic mass is 19.1. The molecule has 1 aliphatic rings. The highest BCUT2D eigenvalue weighted by molar-refractivity contribution is 5.65. The van der Waals surface area contributed by atoms with Gasteiger partial charge in [-0.2, -0.15) is 0 Å². The number of hydrogen-bond acceptors (Lipinski definition) is 2. The Kier molecular flexibility index (Phi) is 4.15. The van der Waals surface area contributed by atoms with Crippen molar-refractivity contribution < 1.29 is 14.3 Å². The number of benzene rings is 1. The zero-order valence-corrected chi connectivity index (χ0v) is 10.1. The van der Waals surface area contributed by atoms with E-state index >= 15 is 0 Å². The topological polar surface area (TPSA) is 52.6 Å². The molecule has 0 bridgehead atoms. The van der Waals surface area contributed by atoms with E-state index in [9.17, 15) is 14.3 Å². The van der Waals surface area contributed by atoms with Crippen LogP contribution in [0.15, 0.2) is 30.3 Å². The Morgan fingerprint density at radius 3 is 2.78 bits per heavy atom. The number of piperidine rings is 1. The number of halogens is 1. The van der Waals surface area contributed by atoms with Crippen LogP contribution in [-0.2, 0) is 6.54 Å². The van der Waals surface area contributed by atoms with Gasteiger partial charge in [-0.05, 0) is 18.5 Å². The maximum atomic E-state index is 13.8. The van der Waals surface area contributed by atoms with E-state index in [4.69, 9.17) is 0 Å². The summed E-state index contributed by atoms with van der Waals surface area (Å²) in [4.78, 5) is 12.5. The molecule has 2 atom stereocenters. The molecule has 4 nitrogen and oxygen atoms in total. The Morgan fingerprint density at radius 1 is 1.44 bits per heavy atom. The Balaban J connectivity index is 2.10. The summed E-state index contributed by atoms with van der Waals surface area (Å²) in [5.74, 6) is 0. The van der Waals surface area contributed by atoms with Crippen molar-refractivity contribution in [3.63, 3.8) is 0 Å². The molecule has 0 saturated carbocycles. The highest BCUT2D eigenvalue weighted by Gasteiger charge is 2.32. The van der Waals surface area contributed by atoms with Crippen molar-refractivity contribution in [2.24, 2.45) is 0 Å². The molecule has 18 heavy (non-hydrogen) atoms. The van der Waals surface area contributed by atoms with Crippen molar-refractivity contribution in [1.82, 2.24) is 10.2 Å². The van der Waals surface area contributed by atoms with Crippen LogP contribution in [0.2, 0.25) is 0 Å². The van der Waals surface area contributed by atoms with Gasteiger partial charge in [-0.1, -0.05) is 30.3 Å². The second kappa shape index (κ2) is 5.82. The molecule has 0 unspecified atom stereocenters. The molecule has 0 spiro atoms. The van der Waals surface area contributed by atoms with E-state index < -0.39 is 18.3 Å². The van der Waals surface area contributed by atoms with Gasteiger partial charge in [0.2, 0.25) is 0 Å².